The van der Waals surface area contributed by atoms with Gasteiger partial charge in [0.1, 0.15) is 0 Å². The quantitative estimate of drug-likeness (QED) is 0.379. The van der Waals surface area contributed by atoms with E-state index in [4.69, 9.17) is 5.73 Å². The van der Waals surface area contributed by atoms with Gasteiger partial charge in [-0.15, -0.1) is 0 Å². The molecule has 6 nitrogen and oxygen atoms in total. The highest BCUT2D eigenvalue weighted by molar-refractivity contribution is 5.93. The van der Waals surface area contributed by atoms with Crippen LogP contribution in [-0.2, 0) is 9.59 Å². The molecule has 1 atom stereocenters. The SMILES string of the molecule is CC(=O)N(C)C1CCC(CC(=O)Nc2cnc(-c3ccc(C(N)C(F)F)cc3)c(-c3ccccc3)c2)CC1. The van der Waals surface area contributed by atoms with Gasteiger partial charge in [-0.1, -0.05) is 54.6 Å². The van der Waals surface area contributed by atoms with E-state index in [-0.39, 0.29) is 23.8 Å². The number of alkyl halides is 2. The molecule has 1 fully saturated rings. The molecule has 1 aliphatic carbocycles. The molecule has 0 radical (unpaired) electrons. The van der Waals surface area contributed by atoms with E-state index >= 15 is 0 Å². The number of halogens is 2. The summed E-state index contributed by atoms with van der Waals surface area (Å²) < 4.78 is 26.0. The number of nitrogens with two attached hydrogens (primary N) is 1. The highest BCUT2D eigenvalue weighted by Gasteiger charge is 2.26. The topological polar surface area (TPSA) is 88.3 Å². The first-order valence-corrected chi connectivity index (χ1v) is 13.0. The Labute approximate surface area is 222 Å². The third-order valence-electron chi connectivity index (χ3n) is 7.43. The zero-order valence-electron chi connectivity index (χ0n) is 21.7. The molecule has 4 rings (SSSR count). The molecule has 200 valence electrons. The molecule has 8 heteroatoms. The van der Waals surface area contributed by atoms with Crippen LogP contribution >= 0.6 is 0 Å². The maximum Gasteiger partial charge on any atom is 0.257 e. The molecule has 1 saturated carbocycles. The van der Waals surface area contributed by atoms with Crippen LogP contribution in [0.4, 0.5) is 14.5 Å². The summed E-state index contributed by atoms with van der Waals surface area (Å²) >= 11 is 0. The van der Waals surface area contributed by atoms with E-state index in [1.807, 2.05) is 43.4 Å². The first-order valence-electron chi connectivity index (χ1n) is 13.0. The number of benzene rings is 2. The Morgan fingerprint density at radius 3 is 2.29 bits per heavy atom. The van der Waals surface area contributed by atoms with Crippen LogP contribution in [0.3, 0.4) is 0 Å². The Morgan fingerprint density at radius 2 is 1.68 bits per heavy atom. The molecule has 3 N–H and O–H groups in total. The molecular weight excluding hydrogens is 486 g/mol. The van der Waals surface area contributed by atoms with E-state index in [9.17, 15) is 18.4 Å². The predicted molar refractivity (Wildman–Crippen MR) is 145 cm³/mol. The van der Waals surface area contributed by atoms with Crippen LogP contribution in [-0.4, -0.2) is 41.2 Å². The largest absolute Gasteiger partial charge is 0.343 e. The summed E-state index contributed by atoms with van der Waals surface area (Å²) in [6.07, 6.45) is 3.04. The maximum absolute atomic E-state index is 13.0. The molecule has 2 aromatic carbocycles. The van der Waals surface area contributed by atoms with Crippen molar-refractivity contribution in [2.45, 2.75) is 57.5 Å². The molecule has 0 bridgehead atoms. The lowest BCUT2D eigenvalue weighted by atomic mass is 9.83. The lowest BCUT2D eigenvalue weighted by molar-refractivity contribution is -0.130. The average Bonchev–Trinajstić information content (AvgIpc) is 2.93. The highest BCUT2D eigenvalue weighted by Crippen LogP contribution is 2.34. The monoisotopic (exact) mass is 520 g/mol. The standard InChI is InChI=1S/C30H34F2N4O2/c1-19(37)36(2)25-14-8-20(9-15-25)16-27(38)35-24-17-26(21-6-4-3-5-7-21)29(34-18-24)23-12-10-22(11-13-23)28(33)30(31)32/h3-7,10-13,17-18,20,25,28,30H,8-9,14-16,33H2,1-2H3,(H,35,38). The highest BCUT2D eigenvalue weighted by atomic mass is 19.3. The van der Waals surface area contributed by atoms with Crippen molar-refractivity contribution in [1.82, 2.24) is 9.88 Å². The van der Waals surface area contributed by atoms with Gasteiger partial charge in [0, 0.05) is 37.6 Å². The number of hydrogen-bond acceptors (Lipinski definition) is 4. The fraction of sp³-hybridized carbons (Fsp3) is 0.367. The third kappa shape index (κ3) is 6.61. The number of pyridine rings is 1. The second kappa shape index (κ2) is 12.3. The number of hydrogen-bond donors (Lipinski definition) is 2. The van der Waals surface area contributed by atoms with E-state index in [0.29, 0.717) is 23.4 Å². The number of amides is 2. The number of carbonyl (C=O) groups is 2. The van der Waals surface area contributed by atoms with Gasteiger partial charge in [0.15, 0.2) is 0 Å². The van der Waals surface area contributed by atoms with E-state index in [1.165, 1.54) is 0 Å². The summed E-state index contributed by atoms with van der Waals surface area (Å²) in [6, 6.07) is 17.2. The summed E-state index contributed by atoms with van der Waals surface area (Å²) in [4.78, 5) is 31.0. The van der Waals surface area contributed by atoms with Crippen molar-refractivity contribution in [3.8, 4) is 22.4 Å². The van der Waals surface area contributed by atoms with Crippen molar-refractivity contribution in [2.75, 3.05) is 12.4 Å². The number of nitrogens with zero attached hydrogens (tertiary/aromatic N) is 2. The van der Waals surface area contributed by atoms with Gasteiger partial charge in [-0.3, -0.25) is 14.6 Å². The second-order valence-electron chi connectivity index (χ2n) is 10.0. The predicted octanol–water partition coefficient (Wildman–Crippen LogP) is 6.05. The number of carbonyl (C=O) groups excluding carboxylic acids is 2. The van der Waals surface area contributed by atoms with Gasteiger partial charge in [-0.2, -0.15) is 0 Å². The molecule has 0 saturated heterocycles. The van der Waals surface area contributed by atoms with Crippen LogP contribution in [0.25, 0.3) is 22.4 Å². The molecule has 1 heterocycles. The van der Waals surface area contributed by atoms with Crippen LogP contribution in [0, 0.1) is 5.92 Å². The average molecular weight is 521 g/mol. The smallest absolute Gasteiger partial charge is 0.257 e. The van der Waals surface area contributed by atoms with Crippen molar-refractivity contribution in [3.63, 3.8) is 0 Å². The Kier molecular flexibility index (Phi) is 8.84. The molecule has 0 spiro atoms. The molecule has 38 heavy (non-hydrogen) atoms. The van der Waals surface area contributed by atoms with E-state index in [2.05, 4.69) is 10.3 Å². The molecule has 2 amide bonds. The minimum atomic E-state index is -2.64. The Bertz CT molecular complexity index is 1240. The number of anilines is 1. The second-order valence-corrected chi connectivity index (χ2v) is 10.0. The van der Waals surface area contributed by atoms with Crippen molar-refractivity contribution >= 4 is 17.5 Å². The molecule has 3 aromatic rings. The summed E-state index contributed by atoms with van der Waals surface area (Å²) in [5.41, 5.74) is 9.73. The first kappa shape index (κ1) is 27.4. The molecule has 0 aliphatic heterocycles. The molecular formula is C30H34F2N4O2. The summed E-state index contributed by atoms with van der Waals surface area (Å²) in [7, 11) is 1.84. The van der Waals surface area contributed by atoms with Gasteiger partial charge < -0.3 is 16.0 Å². The lowest BCUT2D eigenvalue weighted by Gasteiger charge is -2.34. The third-order valence-corrected chi connectivity index (χ3v) is 7.43. The number of rotatable bonds is 8. The molecule has 1 aliphatic rings. The van der Waals surface area contributed by atoms with Crippen LogP contribution in [0.15, 0.2) is 66.9 Å². The van der Waals surface area contributed by atoms with E-state index < -0.39 is 12.5 Å². The Hall–Kier alpha value is -3.65. The van der Waals surface area contributed by atoms with Gasteiger partial charge in [-0.25, -0.2) is 8.78 Å². The lowest BCUT2D eigenvalue weighted by Crippen LogP contribution is -2.38. The normalized spacial score (nSPS) is 18.2. The number of aromatic nitrogens is 1. The van der Waals surface area contributed by atoms with E-state index in [1.54, 1.807) is 42.3 Å². The van der Waals surface area contributed by atoms with Crippen LogP contribution in [0.1, 0.15) is 50.6 Å². The molecule has 1 unspecified atom stereocenters. The minimum absolute atomic E-state index is 0.0627. The Morgan fingerprint density at radius 1 is 1.03 bits per heavy atom. The zero-order valence-corrected chi connectivity index (χ0v) is 21.7. The van der Waals surface area contributed by atoms with Gasteiger partial charge in [-0.05, 0) is 48.8 Å². The summed E-state index contributed by atoms with van der Waals surface area (Å²) in [6.45, 7) is 1.58. The van der Waals surface area contributed by atoms with Crippen LogP contribution in [0.5, 0.6) is 0 Å². The number of nitrogens with one attached hydrogen (secondary N) is 1. The maximum atomic E-state index is 13.0. The zero-order chi connectivity index (χ0) is 27.2. The summed E-state index contributed by atoms with van der Waals surface area (Å²) in [5.74, 6) is 0.293. The molecule has 1 aromatic heterocycles. The van der Waals surface area contributed by atoms with Gasteiger partial charge in [0.2, 0.25) is 11.8 Å². The fourth-order valence-corrected chi connectivity index (χ4v) is 5.08. The summed E-state index contributed by atoms with van der Waals surface area (Å²) in [5, 5.41) is 3.00. The van der Waals surface area contributed by atoms with Crippen molar-refractivity contribution < 1.29 is 18.4 Å². The fourth-order valence-electron chi connectivity index (χ4n) is 5.08. The van der Waals surface area contributed by atoms with Gasteiger partial charge in [0.25, 0.3) is 6.43 Å². The minimum Gasteiger partial charge on any atom is -0.343 e. The van der Waals surface area contributed by atoms with Crippen LogP contribution < -0.4 is 11.1 Å². The van der Waals surface area contributed by atoms with Gasteiger partial charge in [0.05, 0.1) is 23.6 Å². The van der Waals surface area contributed by atoms with Crippen LogP contribution in [0.2, 0.25) is 0 Å². The Balaban J connectivity index is 1.49. The first-order chi connectivity index (χ1) is 18.2. The van der Waals surface area contributed by atoms with Crippen molar-refractivity contribution in [1.29, 1.82) is 0 Å². The van der Waals surface area contributed by atoms with E-state index in [0.717, 1.165) is 42.4 Å². The van der Waals surface area contributed by atoms with Crippen molar-refractivity contribution in [2.24, 2.45) is 11.7 Å². The van der Waals surface area contributed by atoms with Crippen molar-refractivity contribution in [3.05, 3.63) is 72.4 Å². The van der Waals surface area contributed by atoms with Gasteiger partial charge >= 0.3 is 0 Å².